The summed E-state index contributed by atoms with van der Waals surface area (Å²) in [5.74, 6) is -0.603. The van der Waals surface area contributed by atoms with E-state index in [1.807, 2.05) is 0 Å². The number of urea groups is 2. The number of hydrogen-bond donors (Lipinski definition) is 4. The zero-order valence-corrected chi connectivity index (χ0v) is 22.6. The van der Waals surface area contributed by atoms with Gasteiger partial charge in [0, 0.05) is 47.2 Å². The minimum atomic E-state index is -0.419. The SMILES string of the molecule is CCCCCCCCCCCCCNC(=O)Nc1ccc2c(c1)C(=O)c1ccc(NC(=O)NC)cc1C2=O. The van der Waals surface area contributed by atoms with Crippen LogP contribution in [0.15, 0.2) is 36.4 Å². The van der Waals surface area contributed by atoms with Gasteiger partial charge in [-0.15, -0.1) is 0 Å². The number of anilines is 2. The number of unbranched alkanes of at least 4 members (excludes halogenated alkanes) is 10. The second-order valence-electron chi connectivity index (χ2n) is 9.80. The largest absolute Gasteiger partial charge is 0.341 e. The molecule has 0 saturated carbocycles. The normalized spacial score (nSPS) is 11.9. The topological polar surface area (TPSA) is 116 Å². The van der Waals surface area contributed by atoms with E-state index in [2.05, 4.69) is 28.2 Å². The molecule has 8 heteroatoms. The summed E-state index contributed by atoms with van der Waals surface area (Å²) in [6, 6.07) is 8.56. The molecule has 0 aliphatic heterocycles. The fourth-order valence-electron chi connectivity index (χ4n) is 4.67. The Hall–Kier alpha value is -3.68. The summed E-state index contributed by atoms with van der Waals surface area (Å²) in [5.41, 5.74) is 1.89. The molecule has 0 fully saturated rings. The Morgan fingerprint density at radius 3 is 1.53 bits per heavy atom. The minimum Gasteiger partial charge on any atom is -0.341 e. The van der Waals surface area contributed by atoms with Crippen molar-refractivity contribution in [2.75, 3.05) is 24.2 Å². The zero-order valence-electron chi connectivity index (χ0n) is 22.6. The number of carbonyl (C=O) groups excluding carboxylic acids is 4. The summed E-state index contributed by atoms with van der Waals surface area (Å²) in [7, 11) is 1.49. The van der Waals surface area contributed by atoms with Gasteiger partial charge in [0.2, 0.25) is 0 Å². The molecular formula is C30H40N4O4. The average molecular weight is 521 g/mol. The van der Waals surface area contributed by atoms with E-state index in [0.717, 1.165) is 12.8 Å². The molecule has 4 N–H and O–H groups in total. The molecule has 0 heterocycles. The predicted octanol–water partition coefficient (Wildman–Crippen LogP) is 6.65. The summed E-state index contributed by atoms with van der Waals surface area (Å²) in [6.45, 7) is 2.83. The van der Waals surface area contributed by atoms with Crippen LogP contribution < -0.4 is 21.3 Å². The van der Waals surface area contributed by atoms with Gasteiger partial charge >= 0.3 is 12.1 Å². The molecule has 0 bridgehead atoms. The average Bonchev–Trinajstić information content (AvgIpc) is 2.92. The lowest BCUT2D eigenvalue weighted by Gasteiger charge is -2.19. The number of rotatable bonds is 14. The van der Waals surface area contributed by atoms with Gasteiger partial charge in [0.15, 0.2) is 11.6 Å². The molecule has 1 aliphatic carbocycles. The smallest absolute Gasteiger partial charge is 0.319 e. The van der Waals surface area contributed by atoms with Gasteiger partial charge in [-0.3, -0.25) is 9.59 Å². The first kappa shape index (κ1) is 28.9. The Morgan fingerprint density at radius 1 is 0.605 bits per heavy atom. The van der Waals surface area contributed by atoms with Crippen molar-refractivity contribution < 1.29 is 19.2 Å². The molecule has 2 aromatic carbocycles. The van der Waals surface area contributed by atoms with Gasteiger partial charge in [-0.25, -0.2) is 9.59 Å². The van der Waals surface area contributed by atoms with E-state index in [-0.39, 0.29) is 39.9 Å². The molecule has 38 heavy (non-hydrogen) atoms. The number of nitrogens with one attached hydrogen (secondary N) is 4. The lowest BCUT2D eigenvalue weighted by Crippen LogP contribution is -2.30. The van der Waals surface area contributed by atoms with Crippen LogP contribution in [0.1, 0.15) is 109 Å². The molecule has 0 unspecified atom stereocenters. The minimum absolute atomic E-state index is 0.238. The molecule has 0 saturated heterocycles. The third kappa shape index (κ3) is 8.16. The Balaban J connectivity index is 1.43. The van der Waals surface area contributed by atoms with Crippen molar-refractivity contribution in [1.82, 2.24) is 10.6 Å². The fourth-order valence-corrected chi connectivity index (χ4v) is 4.67. The number of benzene rings is 2. The van der Waals surface area contributed by atoms with Gasteiger partial charge in [0.25, 0.3) is 0 Å². The summed E-state index contributed by atoms with van der Waals surface area (Å²) in [4.78, 5) is 50.1. The van der Waals surface area contributed by atoms with Crippen molar-refractivity contribution in [3.8, 4) is 0 Å². The maximum atomic E-state index is 13.1. The molecule has 0 radical (unpaired) electrons. The summed E-state index contributed by atoms with van der Waals surface area (Å²) in [5, 5.41) is 10.7. The highest BCUT2D eigenvalue weighted by atomic mass is 16.2. The van der Waals surface area contributed by atoms with Gasteiger partial charge < -0.3 is 21.3 Å². The molecule has 0 atom stereocenters. The van der Waals surface area contributed by atoms with Gasteiger partial charge in [-0.2, -0.15) is 0 Å². The second-order valence-corrected chi connectivity index (χ2v) is 9.80. The van der Waals surface area contributed by atoms with Crippen LogP contribution in [0.3, 0.4) is 0 Å². The Morgan fingerprint density at radius 2 is 1.05 bits per heavy atom. The maximum Gasteiger partial charge on any atom is 0.319 e. The lowest BCUT2D eigenvalue weighted by molar-refractivity contribution is 0.0979. The third-order valence-corrected chi connectivity index (χ3v) is 6.83. The maximum absolute atomic E-state index is 13.1. The predicted molar refractivity (Wildman–Crippen MR) is 151 cm³/mol. The van der Waals surface area contributed by atoms with Crippen LogP contribution >= 0.6 is 0 Å². The monoisotopic (exact) mass is 520 g/mol. The van der Waals surface area contributed by atoms with Gasteiger partial charge in [0.05, 0.1) is 0 Å². The summed E-state index contributed by atoms with van der Waals surface area (Å²) in [6.07, 6.45) is 13.7. The first-order valence-corrected chi connectivity index (χ1v) is 13.9. The third-order valence-electron chi connectivity index (χ3n) is 6.83. The van der Waals surface area contributed by atoms with Crippen LogP contribution in [0.4, 0.5) is 21.0 Å². The van der Waals surface area contributed by atoms with Crippen LogP contribution in [0.5, 0.6) is 0 Å². The van der Waals surface area contributed by atoms with Crippen molar-refractivity contribution in [2.24, 2.45) is 0 Å². The summed E-state index contributed by atoms with van der Waals surface area (Å²) < 4.78 is 0. The van der Waals surface area contributed by atoms with Gasteiger partial charge in [-0.1, -0.05) is 71.1 Å². The lowest BCUT2D eigenvalue weighted by atomic mass is 9.83. The Labute approximate surface area is 225 Å². The number of hydrogen-bond acceptors (Lipinski definition) is 4. The van der Waals surface area contributed by atoms with E-state index >= 15 is 0 Å². The molecule has 0 spiro atoms. The first-order valence-electron chi connectivity index (χ1n) is 13.9. The molecule has 0 aromatic heterocycles. The van der Waals surface area contributed by atoms with Crippen molar-refractivity contribution in [1.29, 1.82) is 0 Å². The number of amides is 4. The van der Waals surface area contributed by atoms with E-state index in [1.54, 1.807) is 18.2 Å². The molecule has 1 aliphatic rings. The highest BCUT2D eigenvalue weighted by Gasteiger charge is 2.30. The standard InChI is InChI=1S/C30H40N4O4/c1-3-4-5-6-7-8-9-10-11-12-13-18-32-30(38)34-22-15-17-24-26(20-22)28(36)23-16-14-21(33-29(37)31-2)19-25(23)27(24)35/h14-17,19-20H,3-13,18H2,1-2H3,(H2,31,33,37)(H2,32,34,38). The van der Waals surface area contributed by atoms with Gasteiger partial charge in [-0.05, 0) is 42.8 Å². The zero-order chi connectivity index (χ0) is 27.3. The Kier molecular flexibility index (Phi) is 11.3. The first-order chi connectivity index (χ1) is 18.4. The second kappa shape index (κ2) is 14.9. The van der Waals surface area contributed by atoms with E-state index in [1.165, 1.54) is 83.0 Å². The van der Waals surface area contributed by atoms with E-state index in [0.29, 0.717) is 17.9 Å². The quantitative estimate of drug-likeness (QED) is 0.178. The van der Waals surface area contributed by atoms with Crippen LogP contribution in [-0.2, 0) is 0 Å². The molecule has 204 valence electrons. The van der Waals surface area contributed by atoms with Crippen LogP contribution in [0, 0.1) is 0 Å². The van der Waals surface area contributed by atoms with E-state index in [4.69, 9.17) is 0 Å². The van der Waals surface area contributed by atoms with Crippen molar-refractivity contribution in [3.05, 3.63) is 58.7 Å². The van der Waals surface area contributed by atoms with Crippen LogP contribution in [0.25, 0.3) is 0 Å². The number of ketones is 2. The highest BCUT2D eigenvalue weighted by molar-refractivity contribution is 6.29. The van der Waals surface area contributed by atoms with Gasteiger partial charge in [0.1, 0.15) is 0 Å². The molecular weight excluding hydrogens is 480 g/mol. The Bertz CT molecular complexity index is 1150. The number of fused-ring (bicyclic) bond motifs is 2. The van der Waals surface area contributed by atoms with Crippen molar-refractivity contribution in [3.63, 3.8) is 0 Å². The molecule has 8 nitrogen and oxygen atoms in total. The summed E-state index contributed by atoms with van der Waals surface area (Å²) >= 11 is 0. The van der Waals surface area contributed by atoms with Crippen molar-refractivity contribution >= 4 is 35.0 Å². The highest BCUT2D eigenvalue weighted by Crippen LogP contribution is 2.31. The fraction of sp³-hybridized carbons (Fsp3) is 0.467. The van der Waals surface area contributed by atoms with E-state index < -0.39 is 6.03 Å². The molecule has 2 aromatic rings. The molecule has 4 amide bonds. The van der Waals surface area contributed by atoms with E-state index in [9.17, 15) is 19.2 Å². The number of carbonyl (C=O) groups is 4. The molecule has 3 rings (SSSR count). The van der Waals surface area contributed by atoms with Crippen LogP contribution in [-0.4, -0.2) is 37.2 Å². The van der Waals surface area contributed by atoms with Crippen molar-refractivity contribution in [2.45, 2.75) is 77.6 Å². The van der Waals surface area contributed by atoms with Crippen LogP contribution in [0.2, 0.25) is 0 Å².